The molecule has 4 rings (SSSR count). The van der Waals surface area contributed by atoms with Crippen molar-refractivity contribution in [2.24, 2.45) is 0 Å². The van der Waals surface area contributed by atoms with E-state index in [9.17, 15) is 9.59 Å². The Labute approximate surface area is 186 Å². The first kappa shape index (κ1) is 21.1. The highest BCUT2D eigenvalue weighted by molar-refractivity contribution is 5.94. The van der Waals surface area contributed by atoms with Crippen molar-refractivity contribution >= 4 is 28.7 Å². The molecule has 0 spiro atoms. The topological polar surface area (TPSA) is 88.0 Å². The zero-order valence-electron chi connectivity index (χ0n) is 18.0. The first-order valence-electron chi connectivity index (χ1n) is 10.5. The van der Waals surface area contributed by atoms with Gasteiger partial charge in [0.15, 0.2) is 0 Å². The molecule has 3 amide bonds. The molecule has 32 heavy (non-hydrogen) atoms. The van der Waals surface area contributed by atoms with Crippen molar-refractivity contribution in [1.29, 1.82) is 0 Å². The minimum atomic E-state index is -0.242. The summed E-state index contributed by atoms with van der Waals surface area (Å²) in [6.07, 6.45) is 1.78. The lowest BCUT2D eigenvalue weighted by Crippen LogP contribution is -2.34. The van der Waals surface area contributed by atoms with Gasteiger partial charge in [-0.2, -0.15) is 0 Å². The largest absolute Gasteiger partial charge is 0.348 e. The molecule has 0 saturated carbocycles. The average molecular weight is 428 g/mol. The molecular formula is C25H25N5O2. The van der Waals surface area contributed by atoms with E-state index in [-0.39, 0.29) is 18.0 Å². The van der Waals surface area contributed by atoms with Crippen molar-refractivity contribution in [2.75, 3.05) is 5.32 Å². The normalized spacial score (nSPS) is 10.8. The van der Waals surface area contributed by atoms with Gasteiger partial charge in [-0.15, -0.1) is 0 Å². The van der Waals surface area contributed by atoms with E-state index in [1.807, 2.05) is 79.1 Å². The minimum Gasteiger partial charge on any atom is -0.348 e. The fraction of sp³-hybridized carbons (Fsp3) is 0.160. The molecule has 0 aliphatic rings. The zero-order chi connectivity index (χ0) is 22.5. The van der Waals surface area contributed by atoms with Crippen molar-refractivity contribution in [1.82, 2.24) is 20.2 Å². The molecule has 0 bridgehead atoms. The van der Waals surface area contributed by atoms with Crippen LogP contribution in [0.1, 0.15) is 29.8 Å². The van der Waals surface area contributed by atoms with Crippen LogP contribution in [-0.4, -0.2) is 27.5 Å². The fourth-order valence-corrected chi connectivity index (χ4v) is 3.36. The minimum absolute atomic E-state index is 0.0674. The Hall–Kier alpha value is -4.13. The summed E-state index contributed by atoms with van der Waals surface area (Å²) >= 11 is 0. The summed E-state index contributed by atoms with van der Waals surface area (Å²) in [5, 5.41) is 8.48. The fourth-order valence-electron chi connectivity index (χ4n) is 3.36. The first-order chi connectivity index (χ1) is 15.5. The summed E-state index contributed by atoms with van der Waals surface area (Å²) in [7, 11) is 0. The summed E-state index contributed by atoms with van der Waals surface area (Å²) in [6, 6.07) is 22.5. The summed E-state index contributed by atoms with van der Waals surface area (Å²) in [4.78, 5) is 28.7. The van der Waals surface area contributed by atoms with E-state index < -0.39 is 0 Å². The first-order valence-corrected chi connectivity index (χ1v) is 10.5. The van der Waals surface area contributed by atoms with Gasteiger partial charge in [-0.05, 0) is 67.9 Å². The Bertz CT molecular complexity index is 1230. The highest BCUT2D eigenvalue weighted by Crippen LogP contribution is 2.18. The van der Waals surface area contributed by atoms with Crippen molar-refractivity contribution in [3.05, 3.63) is 90.3 Å². The third kappa shape index (κ3) is 4.95. The third-order valence-corrected chi connectivity index (χ3v) is 4.95. The second-order valence-corrected chi connectivity index (χ2v) is 7.78. The van der Waals surface area contributed by atoms with Crippen LogP contribution in [0.2, 0.25) is 0 Å². The molecule has 0 atom stereocenters. The zero-order valence-corrected chi connectivity index (χ0v) is 18.0. The van der Waals surface area contributed by atoms with Crippen LogP contribution in [0, 0.1) is 0 Å². The highest BCUT2D eigenvalue weighted by Gasteiger charge is 2.08. The molecule has 4 aromatic rings. The summed E-state index contributed by atoms with van der Waals surface area (Å²) < 4.78 is 1.99. The van der Waals surface area contributed by atoms with Gasteiger partial charge < -0.3 is 16.0 Å². The standard InChI is InChI=1S/C25H25N5O2/c1-17(2)28-25(32)29-20-11-7-18(8-12-20)15-26-24(31)19-9-13-21(14-10-19)30-16-27-22-5-3-4-6-23(22)30/h3-14,16-17H,15H2,1-2H3,(H,26,31)(H2,28,29,32). The molecule has 7 nitrogen and oxygen atoms in total. The maximum absolute atomic E-state index is 12.5. The van der Waals surface area contributed by atoms with E-state index in [2.05, 4.69) is 20.9 Å². The SMILES string of the molecule is CC(C)NC(=O)Nc1ccc(CNC(=O)c2ccc(-n3cnc4ccccc43)cc2)cc1. The van der Waals surface area contributed by atoms with E-state index in [0.29, 0.717) is 17.8 Å². The molecule has 0 aliphatic heterocycles. The monoisotopic (exact) mass is 427 g/mol. The molecule has 0 fully saturated rings. The van der Waals surface area contributed by atoms with Crippen LogP contribution in [0.4, 0.5) is 10.5 Å². The molecule has 0 saturated heterocycles. The van der Waals surface area contributed by atoms with Gasteiger partial charge >= 0.3 is 6.03 Å². The average Bonchev–Trinajstić information content (AvgIpc) is 3.22. The molecule has 162 valence electrons. The second kappa shape index (κ2) is 9.34. The molecule has 3 N–H and O–H groups in total. The molecule has 0 unspecified atom stereocenters. The summed E-state index contributed by atoms with van der Waals surface area (Å²) in [6.45, 7) is 4.20. The van der Waals surface area contributed by atoms with Crippen molar-refractivity contribution in [3.8, 4) is 5.69 Å². The second-order valence-electron chi connectivity index (χ2n) is 7.78. The number of imidazole rings is 1. The van der Waals surface area contributed by atoms with Gasteiger partial charge in [0, 0.05) is 29.5 Å². The van der Waals surface area contributed by atoms with Crippen LogP contribution in [0.25, 0.3) is 16.7 Å². The number of carbonyl (C=O) groups excluding carboxylic acids is 2. The molecule has 0 radical (unpaired) electrons. The maximum atomic E-state index is 12.5. The lowest BCUT2D eigenvalue weighted by Gasteiger charge is -2.11. The molecule has 3 aromatic carbocycles. The van der Waals surface area contributed by atoms with E-state index in [0.717, 1.165) is 22.3 Å². The van der Waals surface area contributed by atoms with E-state index in [1.54, 1.807) is 18.5 Å². The highest BCUT2D eigenvalue weighted by atomic mass is 16.2. The van der Waals surface area contributed by atoms with Crippen LogP contribution in [0.5, 0.6) is 0 Å². The van der Waals surface area contributed by atoms with Crippen LogP contribution >= 0.6 is 0 Å². The van der Waals surface area contributed by atoms with Crippen molar-refractivity contribution in [3.63, 3.8) is 0 Å². The molecule has 1 aromatic heterocycles. The van der Waals surface area contributed by atoms with Crippen LogP contribution in [0.15, 0.2) is 79.1 Å². The number of hydrogen-bond donors (Lipinski definition) is 3. The van der Waals surface area contributed by atoms with Gasteiger partial charge in [0.25, 0.3) is 5.91 Å². The molecule has 7 heteroatoms. The van der Waals surface area contributed by atoms with E-state index in [4.69, 9.17) is 0 Å². The van der Waals surface area contributed by atoms with Crippen molar-refractivity contribution in [2.45, 2.75) is 26.4 Å². The molecule has 0 aliphatic carbocycles. The molecule has 1 heterocycles. The van der Waals surface area contributed by atoms with Gasteiger partial charge in [0.2, 0.25) is 0 Å². The third-order valence-electron chi connectivity index (χ3n) is 4.95. The Kier molecular flexibility index (Phi) is 6.17. The number of urea groups is 1. The Morgan fingerprint density at radius 3 is 2.38 bits per heavy atom. The van der Waals surface area contributed by atoms with Gasteiger partial charge in [0.05, 0.1) is 11.0 Å². The van der Waals surface area contributed by atoms with Gasteiger partial charge in [-0.25, -0.2) is 9.78 Å². The van der Waals surface area contributed by atoms with Gasteiger partial charge in [-0.1, -0.05) is 24.3 Å². The number of anilines is 1. The lowest BCUT2D eigenvalue weighted by atomic mass is 10.1. The summed E-state index contributed by atoms with van der Waals surface area (Å²) in [5.41, 5.74) is 5.11. The number of carbonyl (C=O) groups is 2. The number of amides is 3. The summed E-state index contributed by atoms with van der Waals surface area (Å²) in [5.74, 6) is -0.148. The Balaban J connectivity index is 1.35. The van der Waals surface area contributed by atoms with Crippen LogP contribution < -0.4 is 16.0 Å². The predicted molar refractivity (Wildman–Crippen MR) is 126 cm³/mol. The van der Waals surface area contributed by atoms with Gasteiger partial charge in [0.1, 0.15) is 6.33 Å². The Morgan fingerprint density at radius 2 is 1.66 bits per heavy atom. The van der Waals surface area contributed by atoms with E-state index >= 15 is 0 Å². The van der Waals surface area contributed by atoms with Crippen LogP contribution in [-0.2, 0) is 6.54 Å². The van der Waals surface area contributed by atoms with E-state index in [1.165, 1.54) is 0 Å². The number of aromatic nitrogens is 2. The smallest absolute Gasteiger partial charge is 0.319 e. The van der Waals surface area contributed by atoms with Crippen LogP contribution in [0.3, 0.4) is 0 Å². The number of nitrogens with zero attached hydrogens (tertiary/aromatic N) is 2. The lowest BCUT2D eigenvalue weighted by molar-refractivity contribution is 0.0951. The molecular weight excluding hydrogens is 402 g/mol. The number of nitrogens with one attached hydrogen (secondary N) is 3. The maximum Gasteiger partial charge on any atom is 0.319 e. The quantitative estimate of drug-likeness (QED) is 0.424. The number of benzene rings is 3. The Morgan fingerprint density at radius 1 is 0.938 bits per heavy atom. The number of fused-ring (bicyclic) bond motifs is 1. The number of rotatable bonds is 6. The predicted octanol–water partition coefficient (Wildman–Crippen LogP) is 4.49. The number of hydrogen-bond acceptors (Lipinski definition) is 3. The number of para-hydroxylation sites is 2. The van der Waals surface area contributed by atoms with Gasteiger partial charge in [-0.3, -0.25) is 9.36 Å². The van der Waals surface area contributed by atoms with Crippen molar-refractivity contribution < 1.29 is 9.59 Å².